The van der Waals surface area contributed by atoms with E-state index in [2.05, 4.69) is 15.9 Å². The molecule has 1 aliphatic rings. The zero-order valence-corrected chi connectivity index (χ0v) is 12.9. The van der Waals surface area contributed by atoms with Gasteiger partial charge in [-0.2, -0.15) is 0 Å². The number of esters is 1. The first-order valence-electron chi connectivity index (χ1n) is 6.36. The molecular weight excluding hydrogens is 328 g/mol. The molecule has 1 aliphatic heterocycles. The summed E-state index contributed by atoms with van der Waals surface area (Å²) in [6, 6.07) is 1.57. The van der Waals surface area contributed by atoms with Gasteiger partial charge < -0.3 is 14.2 Å². The molecule has 0 amide bonds. The van der Waals surface area contributed by atoms with Crippen molar-refractivity contribution in [3.05, 3.63) is 21.7 Å². The normalized spacial score (nSPS) is 13.6. The molecule has 0 saturated carbocycles. The molecular formula is C14H15BrO5. The van der Waals surface area contributed by atoms with Gasteiger partial charge in [0.15, 0.2) is 11.5 Å². The van der Waals surface area contributed by atoms with Crippen LogP contribution in [0.1, 0.15) is 29.3 Å². The highest BCUT2D eigenvalue weighted by Gasteiger charge is 2.26. The van der Waals surface area contributed by atoms with Gasteiger partial charge in [0.25, 0.3) is 5.78 Å². The zero-order valence-electron chi connectivity index (χ0n) is 11.3. The summed E-state index contributed by atoms with van der Waals surface area (Å²) in [5.74, 6) is -0.470. The Balaban J connectivity index is 2.45. The molecule has 0 atom stereocenters. The van der Waals surface area contributed by atoms with E-state index < -0.39 is 11.8 Å². The highest BCUT2D eigenvalue weighted by atomic mass is 79.9. The monoisotopic (exact) mass is 342 g/mol. The second-order valence-corrected chi connectivity index (χ2v) is 5.14. The van der Waals surface area contributed by atoms with Gasteiger partial charge in [-0.15, -0.1) is 0 Å². The molecule has 0 spiro atoms. The Morgan fingerprint density at radius 3 is 2.60 bits per heavy atom. The van der Waals surface area contributed by atoms with Gasteiger partial charge in [-0.1, -0.05) is 0 Å². The number of ether oxygens (including phenoxy) is 3. The molecule has 0 fully saturated rings. The summed E-state index contributed by atoms with van der Waals surface area (Å²) in [7, 11) is 0. The van der Waals surface area contributed by atoms with E-state index in [4.69, 9.17) is 14.2 Å². The molecule has 6 heteroatoms. The molecule has 0 saturated heterocycles. The molecule has 0 aliphatic carbocycles. The quantitative estimate of drug-likeness (QED) is 0.480. The Kier molecular flexibility index (Phi) is 4.65. The Morgan fingerprint density at radius 1 is 1.30 bits per heavy atom. The standard InChI is InChI=1S/C14H15BrO5/c1-3-18-14(17)11(16)9-7-10(15)13-12(8(9)2)19-5-4-6-20-13/h7H,3-6H2,1-2H3. The van der Waals surface area contributed by atoms with Crippen molar-refractivity contribution in [2.24, 2.45) is 0 Å². The number of benzene rings is 1. The molecule has 5 nitrogen and oxygen atoms in total. The van der Waals surface area contributed by atoms with E-state index in [1.165, 1.54) is 0 Å². The van der Waals surface area contributed by atoms with Crippen LogP contribution in [0.2, 0.25) is 0 Å². The molecule has 0 N–H and O–H groups in total. The van der Waals surface area contributed by atoms with E-state index in [1.54, 1.807) is 19.9 Å². The predicted molar refractivity (Wildman–Crippen MR) is 75.4 cm³/mol. The third kappa shape index (κ3) is 2.80. The highest BCUT2D eigenvalue weighted by Crippen LogP contribution is 2.41. The lowest BCUT2D eigenvalue weighted by molar-refractivity contribution is -0.137. The van der Waals surface area contributed by atoms with Crippen molar-refractivity contribution in [3.8, 4) is 11.5 Å². The van der Waals surface area contributed by atoms with E-state index in [0.717, 1.165) is 6.42 Å². The smallest absolute Gasteiger partial charge is 0.379 e. The van der Waals surface area contributed by atoms with Crippen LogP contribution in [0.3, 0.4) is 0 Å². The highest BCUT2D eigenvalue weighted by molar-refractivity contribution is 9.10. The van der Waals surface area contributed by atoms with E-state index >= 15 is 0 Å². The number of fused-ring (bicyclic) bond motifs is 1. The Hall–Kier alpha value is -1.56. The Labute approximate surface area is 125 Å². The van der Waals surface area contributed by atoms with Crippen LogP contribution < -0.4 is 9.47 Å². The van der Waals surface area contributed by atoms with Crippen LogP contribution in [0.25, 0.3) is 0 Å². The largest absolute Gasteiger partial charge is 0.489 e. The molecule has 2 rings (SSSR count). The van der Waals surface area contributed by atoms with Crippen molar-refractivity contribution in [2.75, 3.05) is 19.8 Å². The third-order valence-corrected chi connectivity index (χ3v) is 3.51. The second-order valence-electron chi connectivity index (χ2n) is 4.29. The first kappa shape index (κ1) is 14.8. The van der Waals surface area contributed by atoms with Crippen LogP contribution >= 0.6 is 15.9 Å². The van der Waals surface area contributed by atoms with Crippen LogP contribution in [0, 0.1) is 6.92 Å². The lowest BCUT2D eigenvalue weighted by atomic mass is 10.0. The Bertz CT molecular complexity index is 553. The summed E-state index contributed by atoms with van der Waals surface area (Å²) in [5, 5.41) is 0. The molecule has 1 aromatic carbocycles. The van der Waals surface area contributed by atoms with Crippen molar-refractivity contribution in [3.63, 3.8) is 0 Å². The van der Waals surface area contributed by atoms with Crippen molar-refractivity contribution >= 4 is 27.7 Å². The lowest BCUT2D eigenvalue weighted by Crippen LogP contribution is -2.19. The van der Waals surface area contributed by atoms with Gasteiger partial charge in [0.2, 0.25) is 0 Å². The maximum absolute atomic E-state index is 12.1. The molecule has 108 valence electrons. The minimum absolute atomic E-state index is 0.162. The molecule has 0 bridgehead atoms. The van der Waals surface area contributed by atoms with Crippen LogP contribution in [-0.4, -0.2) is 31.6 Å². The summed E-state index contributed by atoms with van der Waals surface area (Å²) < 4.78 is 16.6. The Morgan fingerprint density at radius 2 is 1.95 bits per heavy atom. The zero-order chi connectivity index (χ0) is 14.7. The molecule has 0 aromatic heterocycles. The van der Waals surface area contributed by atoms with Crippen LogP contribution in [0.5, 0.6) is 11.5 Å². The summed E-state index contributed by atoms with van der Waals surface area (Å²) in [4.78, 5) is 23.7. The number of halogens is 1. The third-order valence-electron chi connectivity index (χ3n) is 2.93. The van der Waals surface area contributed by atoms with E-state index in [1.807, 2.05) is 0 Å². The fraction of sp³-hybridized carbons (Fsp3) is 0.429. The second kappa shape index (κ2) is 6.26. The van der Waals surface area contributed by atoms with E-state index in [0.29, 0.717) is 34.7 Å². The number of hydrogen-bond donors (Lipinski definition) is 0. The number of hydrogen-bond acceptors (Lipinski definition) is 5. The minimum atomic E-state index is -0.864. The summed E-state index contributed by atoms with van der Waals surface area (Å²) in [6.45, 7) is 4.61. The van der Waals surface area contributed by atoms with E-state index in [9.17, 15) is 9.59 Å². The first-order valence-corrected chi connectivity index (χ1v) is 7.15. The number of carbonyl (C=O) groups excluding carboxylic acids is 2. The maximum Gasteiger partial charge on any atom is 0.379 e. The van der Waals surface area contributed by atoms with Gasteiger partial charge in [-0.3, -0.25) is 4.79 Å². The van der Waals surface area contributed by atoms with Gasteiger partial charge in [-0.05, 0) is 35.8 Å². The van der Waals surface area contributed by atoms with Gasteiger partial charge >= 0.3 is 5.97 Å². The molecule has 1 heterocycles. The first-order chi connectivity index (χ1) is 9.56. The van der Waals surface area contributed by atoms with Crippen molar-refractivity contribution in [1.29, 1.82) is 0 Å². The van der Waals surface area contributed by atoms with Crippen molar-refractivity contribution in [2.45, 2.75) is 20.3 Å². The van der Waals surface area contributed by atoms with Crippen LogP contribution in [0.15, 0.2) is 10.5 Å². The van der Waals surface area contributed by atoms with Crippen molar-refractivity contribution in [1.82, 2.24) is 0 Å². The van der Waals surface area contributed by atoms with Gasteiger partial charge in [-0.25, -0.2) is 4.79 Å². The number of carbonyl (C=O) groups is 2. The fourth-order valence-electron chi connectivity index (χ4n) is 1.96. The number of Topliss-reactive ketones (excluding diaryl/α,β-unsaturated/α-hetero) is 1. The average Bonchev–Trinajstić information content (AvgIpc) is 2.68. The SMILES string of the molecule is CCOC(=O)C(=O)c1cc(Br)c2c(c1C)OCCCO2. The summed E-state index contributed by atoms with van der Waals surface area (Å²) in [6.07, 6.45) is 0.766. The van der Waals surface area contributed by atoms with Gasteiger partial charge in [0.05, 0.1) is 24.3 Å². The van der Waals surface area contributed by atoms with Gasteiger partial charge in [0, 0.05) is 17.5 Å². The molecule has 20 heavy (non-hydrogen) atoms. The molecule has 1 aromatic rings. The average molecular weight is 343 g/mol. The lowest BCUT2D eigenvalue weighted by Gasteiger charge is -2.15. The minimum Gasteiger partial charge on any atom is -0.489 e. The van der Waals surface area contributed by atoms with Crippen molar-refractivity contribution < 1.29 is 23.8 Å². The predicted octanol–water partition coefficient (Wildman–Crippen LogP) is 2.66. The maximum atomic E-state index is 12.1. The van der Waals surface area contributed by atoms with Gasteiger partial charge in [0.1, 0.15) is 0 Å². The fourth-order valence-corrected chi connectivity index (χ4v) is 2.48. The number of rotatable bonds is 3. The molecule has 0 radical (unpaired) electrons. The van der Waals surface area contributed by atoms with Crippen LogP contribution in [0.4, 0.5) is 0 Å². The topological polar surface area (TPSA) is 61.8 Å². The summed E-state index contributed by atoms with van der Waals surface area (Å²) >= 11 is 3.35. The summed E-state index contributed by atoms with van der Waals surface area (Å²) in [5.41, 5.74) is 0.850. The molecule has 0 unspecified atom stereocenters. The number of ketones is 1. The van der Waals surface area contributed by atoms with E-state index in [-0.39, 0.29) is 12.2 Å². The van der Waals surface area contributed by atoms with Crippen LogP contribution in [-0.2, 0) is 9.53 Å².